The van der Waals surface area contributed by atoms with Gasteiger partial charge in [0, 0.05) is 12.5 Å². The van der Waals surface area contributed by atoms with Crippen molar-refractivity contribution in [3.8, 4) is 12.1 Å². The second kappa shape index (κ2) is 5.48. The van der Waals surface area contributed by atoms with Gasteiger partial charge in [-0.3, -0.25) is 0 Å². The van der Waals surface area contributed by atoms with Crippen molar-refractivity contribution in [2.24, 2.45) is 0 Å². The minimum absolute atomic E-state index is 0.0355. The molecule has 0 N–H and O–H groups in total. The fourth-order valence-corrected chi connectivity index (χ4v) is 2.26. The van der Waals surface area contributed by atoms with E-state index >= 15 is 0 Å². The lowest BCUT2D eigenvalue weighted by molar-refractivity contribution is 0.0951. The van der Waals surface area contributed by atoms with Gasteiger partial charge in [-0.1, -0.05) is 30.3 Å². The van der Waals surface area contributed by atoms with Gasteiger partial charge in [0.25, 0.3) is 0 Å². The summed E-state index contributed by atoms with van der Waals surface area (Å²) in [5.41, 5.74) is 0.984. The van der Waals surface area contributed by atoms with Crippen molar-refractivity contribution >= 4 is 0 Å². The summed E-state index contributed by atoms with van der Waals surface area (Å²) in [5, 5.41) is 18.1. The summed E-state index contributed by atoms with van der Waals surface area (Å²) in [4.78, 5) is 0. The molecule has 0 aromatic heterocycles. The Bertz CT molecular complexity index is 424. The van der Waals surface area contributed by atoms with Crippen molar-refractivity contribution < 1.29 is 4.74 Å². The van der Waals surface area contributed by atoms with Crippen molar-refractivity contribution in [1.82, 2.24) is 0 Å². The zero-order valence-electron chi connectivity index (χ0n) is 9.47. The maximum absolute atomic E-state index is 9.05. The van der Waals surface area contributed by atoms with Crippen LogP contribution >= 0.6 is 0 Å². The highest BCUT2D eigenvalue weighted by atomic mass is 16.5. The summed E-state index contributed by atoms with van der Waals surface area (Å²) in [7, 11) is 0. The van der Waals surface area contributed by atoms with Crippen LogP contribution in [0.1, 0.15) is 24.3 Å². The molecule has 0 bridgehead atoms. The third-order valence-electron chi connectivity index (χ3n) is 3.05. The van der Waals surface area contributed by atoms with Gasteiger partial charge < -0.3 is 4.74 Å². The van der Waals surface area contributed by atoms with E-state index in [0.29, 0.717) is 0 Å². The molecule has 0 spiro atoms. The Hall–Kier alpha value is -1.84. The molecular weight excluding hydrogens is 212 g/mol. The normalized spacial score (nSPS) is 20.8. The molecule has 1 radical (unpaired) electrons. The van der Waals surface area contributed by atoms with Crippen molar-refractivity contribution in [3.63, 3.8) is 0 Å². The average Bonchev–Trinajstić information content (AvgIpc) is 2.90. The molecule has 1 aromatic carbocycles. The van der Waals surface area contributed by atoms with Crippen LogP contribution in [0.2, 0.25) is 0 Å². The number of hydrogen-bond acceptors (Lipinski definition) is 3. The molecule has 3 nitrogen and oxygen atoms in total. The van der Waals surface area contributed by atoms with E-state index in [-0.39, 0.29) is 17.9 Å². The standard InChI is InChI=1S/C14H13N2O/c15-9-12(10-16)14(13-7-4-8-17-13)11-5-2-1-3-6-11/h1-3,5-6,13-14H,4,7-8H2. The summed E-state index contributed by atoms with van der Waals surface area (Å²) >= 11 is 0. The Morgan fingerprint density at radius 1 is 1.24 bits per heavy atom. The van der Waals surface area contributed by atoms with E-state index in [2.05, 4.69) is 0 Å². The number of nitriles is 2. The fraction of sp³-hybridized carbons (Fsp3) is 0.357. The lowest BCUT2D eigenvalue weighted by atomic mass is 9.82. The lowest BCUT2D eigenvalue weighted by Crippen LogP contribution is -2.22. The van der Waals surface area contributed by atoms with E-state index in [4.69, 9.17) is 15.3 Å². The highest BCUT2D eigenvalue weighted by Gasteiger charge is 2.34. The van der Waals surface area contributed by atoms with Gasteiger partial charge in [0.1, 0.15) is 0 Å². The van der Waals surface area contributed by atoms with Crippen molar-refractivity contribution in [1.29, 1.82) is 10.5 Å². The van der Waals surface area contributed by atoms with Crippen LogP contribution in [0.15, 0.2) is 30.3 Å². The van der Waals surface area contributed by atoms with Gasteiger partial charge >= 0.3 is 0 Å². The molecular formula is C14H13N2O. The Labute approximate surface area is 101 Å². The highest BCUT2D eigenvalue weighted by molar-refractivity contribution is 5.40. The van der Waals surface area contributed by atoms with E-state index in [0.717, 1.165) is 25.0 Å². The smallest absolute Gasteiger partial charge is 0.185 e. The molecule has 1 heterocycles. The molecule has 2 atom stereocenters. The molecule has 85 valence electrons. The Morgan fingerprint density at radius 3 is 2.47 bits per heavy atom. The molecule has 1 fully saturated rings. The number of nitrogens with zero attached hydrogens (tertiary/aromatic N) is 2. The first-order valence-electron chi connectivity index (χ1n) is 5.70. The second-order valence-electron chi connectivity index (χ2n) is 4.08. The van der Waals surface area contributed by atoms with Gasteiger partial charge in [-0.2, -0.15) is 10.5 Å². The van der Waals surface area contributed by atoms with E-state index in [1.165, 1.54) is 0 Å². The molecule has 1 aliphatic rings. The maximum Gasteiger partial charge on any atom is 0.185 e. The Kier molecular flexibility index (Phi) is 3.75. The Morgan fingerprint density at radius 2 is 1.94 bits per heavy atom. The molecule has 1 aliphatic heterocycles. The molecule has 17 heavy (non-hydrogen) atoms. The number of ether oxygens (including phenoxy) is 1. The fourth-order valence-electron chi connectivity index (χ4n) is 2.26. The Balaban J connectivity index is 2.31. The molecule has 2 unspecified atom stereocenters. The zero-order valence-corrected chi connectivity index (χ0v) is 9.47. The predicted molar refractivity (Wildman–Crippen MR) is 62.6 cm³/mol. The quantitative estimate of drug-likeness (QED) is 0.794. The van der Waals surface area contributed by atoms with Crippen LogP contribution in [0.4, 0.5) is 0 Å². The summed E-state index contributed by atoms with van der Waals surface area (Å²) in [6.07, 6.45) is 1.87. The van der Waals surface area contributed by atoms with E-state index in [9.17, 15) is 0 Å². The van der Waals surface area contributed by atoms with Crippen LogP contribution in [-0.2, 0) is 4.74 Å². The number of rotatable bonds is 3. The second-order valence-corrected chi connectivity index (χ2v) is 4.08. The predicted octanol–water partition coefficient (Wildman–Crippen LogP) is 2.57. The van der Waals surface area contributed by atoms with Gasteiger partial charge in [-0.05, 0) is 18.4 Å². The van der Waals surface area contributed by atoms with Gasteiger partial charge in [0.15, 0.2) is 5.92 Å². The molecule has 1 aromatic rings. The SMILES string of the molecule is N#C[C](C#N)C(c1ccccc1)C1CCCO1. The number of hydrogen-bond donors (Lipinski definition) is 0. The first-order valence-corrected chi connectivity index (χ1v) is 5.70. The van der Waals surface area contributed by atoms with Crippen molar-refractivity contribution in [2.75, 3.05) is 6.61 Å². The summed E-state index contributed by atoms with van der Waals surface area (Å²) in [5.74, 6) is 0.0248. The van der Waals surface area contributed by atoms with Crippen LogP contribution in [0.5, 0.6) is 0 Å². The van der Waals surface area contributed by atoms with E-state index < -0.39 is 0 Å². The van der Waals surface area contributed by atoms with Gasteiger partial charge in [0.05, 0.1) is 18.2 Å². The minimum atomic E-state index is -0.214. The summed E-state index contributed by atoms with van der Waals surface area (Å²) < 4.78 is 5.63. The maximum atomic E-state index is 9.05. The van der Waals surface area contributed by atoms with Crippen LogP contribution in [0.25, 0.3) is 0 Å². The highest BCUT2D eigenvalue weighted by Crippen LogP contribution is 2.35. The first-order chi connectivity index (χ1) is 8.36. The zero-order chi connectivity index (χ0) is 12.1. The molecule has 1 saturated heterocycles. The number of benzene rings is 1. The molecule has 2 rings (SSSR count). The van der Waals surface area contributed by atoms with Gasteiger partial charge in [-0.15, -0.1) is 0 Å². The lowest BCUT2D eigenvalue weighted by Gasteiger charge is -2.23. The summed E-state index contributed by atoms with van der Waals surface area (Å²) in [6.45, 7) is 0.720. The van der Waals surface area contributed by atoms with Gasteiger partial charge in [-0.25, -0.2) is 0 Å². The van der Waals surface area contributed by atoms with Crippen molar-refractivity contribution in [2.45, 2.75) is 24.9 Å². The van der Waals surface area contributed by atoms with Crippen LogP contribution in [0, 0.1) is 28.6 Å². The molecule has 0 saturated carbocycles. The van der Waals surface area contributed by atoms with E-state index in [1.54, 1.807) is 0 Å². The van der Waals surface area contributed by atoms with Gasteiger partial charge in [0.2, 0.25) is 0 Å². The van der Waals surface area contributed by atoms with Crippen LogP contribution in [0.3, 0.4) is 0 Å². The monoisotopic (exact) mass is 225 g/mol. The van der Waals surface area contributed by atoms with Crippen molar-refractivity contribution in [3.05, 3.63) is 41.8 Å². The first kappa shape index (κ1) is 11.6. The summed E-state index contributed by atoms with van der Waals surface area (Å²) in [6, 6.07) is 13.7. The average molecular weight is 225 g/mol. The van der Waals surface area contributed by atoms with E-state index in [1.807, 2.05) is 42.5 Å². The van der Waals surface area contributed by atoms with Crippen LogP contribution in [-0.4, -0.2) is 12.7 Å². The van der Waals surface area contributed by atoms with Crippen LogP contribution < -0.4 is 0 Å². The molecule has 0 amide bonds. The topological polar surface area (TPSA) is 56.8 Å². The third-order valence-corrected chi connectivity index (χ3v) is 3.05. The molecule has 3 heteroatoms. The third kappa shape index (κ3) is 2.46. The minimum Gasteiger partial charge on any atom is -0.377 e. The molecule has 0 aliphatic carbocycles. The largest absolute Gasteiger partial charge is 0.377 e.